The molecule has 0 aromatic heterocycles. The van der Waals surface area contributed by atoms with Crippen LogP contribution in [0.4, 0.5) is 0 Å². The number of carboxylic acids is 2. The standard InChI is InChI=1S/C13H20O5/c1-3-9(4-2)13(12(17)18,7-8-5-6-8)10(14)11(15)16/h8-9H,3-7H2,1-2H3,(H,15,16)(H,17,18). The van der Waals surface area contributed by atoms with Crippen molar-refractivity contribution in [2.75, 3.05) is 0 Å². The largest absolute Gasteiger partial charge is 0.480 e. The average molecular weight is 256 g/mol. The summed E-state index contributed by atoms with van der Waals surface area (Å²) >= 11 is 0. The zero-order valence-corrected chi connectivity index (χ0v) is 10.8. The van der Waals surface area contributed by atoms with Crippen LogP contribution in [0.5, 0.6) is 0 Å². The SMILES string of the molecule is CCC(CC)C(CC1CC1)(C(=O)O)C(=O)C(=O)O. The van der Waals surface area contributed by atoms with Gasteiger partial charge in [-0.25, -0.2) is 4.79 Å². The van der Waals surface area contributed by atoms with Gasteiger partial charge in [0.05, 0.1) is 0 Å². The predicted molar refractivity (Wildman–Crippen MR) is 64.1 cm³/mol. The third-order valence-corrected chi connectivity index (χ3v) is 3.97. The van der Waals surface area contributed by atoms with Crippen molar-refractivity contribution >= 4 is 17.7 Å². The Balaban J connectivity index is 3.19. The third-order valence-electron chi connectivity index (χ3n) is 3.97. The van der Waals surface area contributed by atoms with Crippen LogP contribution in [0, 0.1) is 17.3 Å². The highest BCUT2D eigenvalue weighted by atomic mass is 16.4. The molecule has 1 aliphatic rings. The Bertz CT molecular complexity index is 354. The van der Waals surface area contributed by atoms with Crippen LogP contribution in [0.3, 0.4) is 0 Å². The van der Waals surface area contributed by atoms with Gasteiger partial charge in [0.1, 0.15) is 5.41 Å². The van der Waals surface area contributed by atoms with Gasteiger partial charge >= 0.3 is 11.9 Å². The van der Waals surface area contributed by atoms with Gasteiger partial charge in [-0.1, -0.05) is 39.5 Å². The molecule has 1 aliphatic carbocycles. The summed E-state index contributed by atoms with van der Waals surface area (Å²) in [5, 5.41) is 18.4. The molecule has 0 spiro atoms. The van der Waals surface area contributed by atoms with Crippen LogP contribution in [0.2, 0.25) is 0 Å². The van der Waals surface area contributed by atoms with Crippen molar-refractivity contribution in [2.45, 2.75) is 46.0 Å². The Morgan fingerprint density at radius 3 is 1.94 bits per heavy atom. The summed E-state index contributed by atoms with van der Waals surface area (Å²) in [5.74, 6) is -4.31. The van der Waals surface area contributed by atoms with Gasteiger partial charge in [-0.15, -0.1) is 0 Å². The van der Waals surface area contributed by atoms with Gasteiger partial charge in [0.25, 0.3) is 5.78 Å². The number of carbonyl (C=O) groups excluding carboxylic acids is 1. The average Bonchev–Trinajstić information content (AvgIpc) is 3.11. The maximum Gasteiger partial charge on any atom is 0.373 e. The number of hydrogen-bond donors (Lipinski definition) is 2. The molecule has 1 atom stereocenters. The van der Waals surface area contributed by atoms with Gasteiger partial charge in [-0.05, 0) is 18.3 Å². The van der Waals surface area contributed by atoms with E-state index in [0.29, 0.717) is 12.8 Å². The molecular formula is C13H20O5. The van der Waals surface area contributed by atoms with E-state index in [1.165, 1.54) is 0 Å². The van der Waals surface area contributed by atoms with Crippen LogP contribution in [-0.2, 0) is 14.4 Å². The number of rotatable bonds is 8. The highest BCUT2D eigenvalue weighted by Gasteiger charge is 2.55. The summed E-state index contributed by atoms with van der Waals surface area (Å²) in [6.45, 7) is 3.60. The Morgan fingerprint density at radius 2 is 1.67 bits per heavy atom. The number of aliphatic carboxylic acids is 2. The van der Waals surface area contributed by atoms with E-state index in [0.717, 1.165) is 12.8 Å². The Morgan fingerprint density at radius 1 is 1.17 bits per heavy atom. The summed E-state index contributed by atoms with van der Waals surface area (Å²) in [4.78, 5) is 34.5. The van der Waals surface area contributed by atoms with Gasteiger partial charge in [0.2, 0.25) is 0 Å². The topological polar surface area (TPSA) is 91.7 Å². The molecule has 5 heteroatoms. The lowest BCUT2D eigenvalue weighted by atomic mass is 9.66. The zero-order valence-electron chi connectivity index (χ0n) is 10.8. The third kappa shape index (κ3) is 2.54. The van der Waals surface area contributed by atoms with E-state index in [4.69, 9.17) is 5.11 Å². The molecule has 102 valence electrons. The first-order chi connectivity index (χ1) is 8.40. The molecular weight excluding hydrogens is 236 g/mol. The molecule has 0 heterocycles. The van der Waals surface area contributed by atoms with E-state index in [9.17, 15) is 19.5 Å². The van der Waals surface area contributed by atoms with E-state index in [2.05, 4.69) is 0 Å². The van der Waals surface area contributed by atoms with E-state index in [1.54, 1.807) is 13.8 Å². The maximum atomic E-state index is 11.9. The van der Waals surface area contributed by atoms with Crippen molar-refractivity contribution in [2.24, 2.45) is 17.3 Å². The van der Waals surface area contributed by atoms with Gasteiger partial charge in [0, 0.05) is 0 Å². The molecule has 0 aliphatic heterocycles. The van der Waals surface area contributed by atoms with Crippen molar-refractivity contribution < 1.29 is 24.6 Å². The van der Waals surface area contributed by atoms with E-state index in [1.807, 2.05) is 0 Å². The lowest BCUT2D eigenvalue weighted by Gasteiger charge is -2.33. The monoisotopic (exact) mass is 256 g/mol. The fourth-order valence-corrected chi connectivity index (χ4v) is 2.76. The first-order valence-corrected chi connectivity index (χ1v) is 6.41. The molecule has 0 aromatic carbocycles. The Hall–Kier alpha value is -1.39. The van der Waals surface area contributed by atoms with Crippen molar-refractivity contribution in [1.82, 2.24) is 0 Å². The summed E-state index contributed by atoms with van der Waals surface area (Å²) < 4.78 is 0. The lowest BCUT2D eigenvalue weighted by molar-refractivity contribution is -0.168. The maximum absolute atomic E-state index is 11.9. The molecule has 5 nitrogen and oxygen atoms in total. The normalized spacial score (nSPS) is 18.4. The smallest absolute Gasteiger partial charge is 0.373 e. The quantitative estimate of drug-likeness (QED) is 0.511. The second-order valence-electron chi connectivity index (χ2n) is 5.07. The number of carbonyl (C=O) groups is 3. The van der Waals surface area contributed by atoms with Crippen molar-refractivity contribution in [3.05, 3.63) is 0 Å². The second kappa shape index (κ2) is 5.50. The second-order valence-corrected chi connectivity index (χ2v) is 5.07. The van der Waals surface area contributed by atoms with Crippen LogP contribution in [0.1, 0.15) is 46.0 Å². The Labute approximate surface area is 106 Å². The summed E-state index contributed by atoms with van der Waals surface area (Å²) in [6, 6.07) is 0. The van der Waals surface area contributed by atoms with Gasteiger partial charge in [-0.2, -0.15) is 0 Å². The minimum Gasteiger partial charge on any atom is -0.480 e. The molecule has 1 fully saturated rings. The number of hydrogen-bond acceptors (Lipinski definition) is 3. The molecule has 1 saturated carbocycles. The van der Waals surface area contributed by atoms with Crippen LogP contribution >= 0.6 is 0 Å². The lowest BCUT2D eigenvalue weighted by Crippen LogP contribution is -2.49. The molecule has 18 heavy (non-hydrogen) atoms. The minimum atomic E-state index is -1.74. The van der Waals surface area contributed by atoms with E-state index in [-0.39, 0.29) is 12.3 Å². The first kappa shape index (κ1) is 14.7. The van der Waals surface area contributed by atoms with Crippen LogP contribution in [0.25, 0.3) is 0 Å². The summed E-state index contributed by atoms with van der Waals surface area (Å²) in [5.41, 5.74) is -1.74. The zero-order chi connectivity index (χ0) is 13.9. The predicted octanol–water partition coefficient (Wildman–Crippen LogP) is 1.95. The molecule has 1 rings (SSSR count). The van der Waals surface area contributed by atoms with Crippen LogP contribution in [0.15, 0.2) is 0 Å². The fourth-order valence-electron chi connectivity index (χ4n) is 2.76. The molecule has 0 radical (unpaired) electrons. The van der Waals surface area contributed by atoms with E-state index < -0.39 is 29.1 Å². The Kier molecular flexibility index (Phi) is 4.48. The summed E-state index contributed by atoms with van der Waals surface area (Å²) in [7, 11) is 0. The number of ketones is 1. The first-order valence-electron chi connectivity index (χ1n) is 6.41. The molecule has 0 amide bonds. The molecule has 0 aromatic rings. The van der Waals surface area contributed by atoms with Crippen molar-refractivity contribution in [3.63, 3.8) is 0 Å². The van der Waals surface area contributed by atoms with Gasteiger partial charge < -0.3 is 10.2 Å². The van der Waals surface area contributed by atoms with Gasteiger partial charge in [0.15, 0.2) is 0 Å². The number of Topliss-reactive ketones (excluding diaryl/α,β-unsaturated/α-hetero) is 1. The van der Waals surface area contributed by atoms with Crippen LogP contribution < -0.4 is 0 Å². The molecule has 0 saturated heterocycles. The van der Waals surface area contributed by atoms with Crippen molar-refractivity contribution in [1.29, 1.82) is 0 Å². The van der Waals surface area contributed by atoms with Gasteiger partial charge in [-0.3, -0.25) is 9.59 Å². The molecule has 0 bridgehead atoms. The highest BCUT2D eigenvalue weighted by molar-refractivity contribution is 6.39. The fraction of sp³-hybridized carbons (Fsp3) is 0.769. The highest BCUT2D eigenvalue weighted by Crippen LogP contribution is 2.47. The minimum absolute atomic E-state index is 0.166. The number of carboxylic acid groups (broad SMARTS) is 2. The van der Waals surface area contributed by atoms with Crippen molar-refractivity contribution in [3.8, 4) is 0 Å². The van der Waals surface area contributed by atoms with E-state index >= 15 is 0 Å². The van der Waals surface area contributed by atoms with Crippen LogP contribution in [-0.4, -0.2) is 27.9 Å². The summed E-state index contributed by atoms with van der Waals surface area (Å²) in [6.07, 6.45) is 2.94. The molecule has 2 N–H and O–H groups in total. The molecule has 1 unspecified atom stereocenters.